The molecule has 4 rings (SSSR count). The summed E-state index contributed by atoms with van der Waals surface area (Å²) in [5, 5.41) is 20.6. The van der Waals surface area contributed by atoms with Crippen molar-refractivity contribution in [2.24, 2.45) is 34.4 Å². The van der Waals surface area contributed by atoms with E-state index in [9.17, 15) is 29.4 Å². The van der Waals surface area contributed by atoms with E-state index in [1.807, 2.05) is 0 Å². The van der Waals surface area contributed by atoms with Gasteiger partial charge in [0.15, 0.2) is 0 Å². The molecule has 250 valence electrons. The van der Waals surface area contributed by atoms with Gasteiger partial charge in [-0.3, -0.25) is 9.79 Å². The molecule has 0 radical (unpaired) electrons. The maximum absolute atomic E-state index is 14.4. The summed E-state index contributed by atoms with van der Waals surface area (Å²) in [6, 6.07) is 6.06. The molecule has 0 spiro atoms. The van der Waals surface area contributed by atoms with Gasteiger partial charge in [0.25, 0.3) is 0 Å². The molecule has 0 saturated heterocycles. The Labute approximate surface area is 272 Å². The number of carbonyl (C=O) groups excluding carboxylic acids is 2. The summed E-state index contributed by atoms with van der Waals surface area (Å²) < 4.78 is 22.5. The number of benzene rings is 1. The number of rotatable bonds is 18. The average Bonchev–Trinajstić information content (AvgIpc) is 3.93. The Hall–Kier alpha value is -3.58. The number of hydrogen-bond acceptors (Lipinski definition) is 10. The highest BCUT2D eigenvalue weighted by Crippen LogP contribution is 2.54. The van der Waals surface area contributed by atoms with Gasteiger partial charge in [0.05, 0.1) is 61.9 Å². The van der Waals surface area contributed by atoms with Gasteiger partial charge < -0.3 is 34.9 Å². The largest absolute Gasteiger partial charge is 0.478 e. The molecule has 12 nitrogen and oxygen atoms in total. The van der Waals surface area contributed by atoms with Crippen molar-refractivity contribution in [2.45, 2.75) is 44.9 Å². The second kappa shape index (κ2) is 15.8. The lowest BCUT2D eigenvalue weighted by atomic mass is 9.57. The second-order valence-electron chi connectivity index (χ2n) is 11.6. The normalized spacial score (nSPS) is 21.6. The van der Waals surface area contributed by atoms with Crippen LogP contribution in [0.1, 0.15) is 45.1 Å². The van der Waals surface area contributed by atoms with E-state index < -0.39 is 40.8 Å². The summed E-state index contributed by atoms with van der Waals surface area (Å²) in [5.41, 5.74) is 1.99. The number of nitrogens with two attached hydrogens (primary N) is 1. The molecule has 0 amide bonds. The third kappa shape index (κ3) is 7.86. The first-order chi connectivity index (χ1) is 22.1. The fourth-order valence-electron chi connectivity index (χ4n) is 6.37. The highest BCUT2D eigenvalue weighted by atomic mass is 35.5. The van der Waals surface area contributed by atoms with E-state index >= 15 is 0 Å². The fraction of sp³-hybridized carbons (Fsp3) is 0.545. The predicted octanol–water partition coefficient (Wildman–Crippen LogP) is 3.55. The molecule has 1 aromatic rings. The Kier molecular flexibility index (Phi) is 12.1. The van der Waals surface area contributed by atoms with Crippen molar-refractivity contribution in [2.75, 3.05) is 46.2 Å². The molecule has 13 heteroatoms. The van der Waals surface area contributed by atoms with Crippen molar-refractivity contribution in [3.8, 4) is 0 Å². The van der Waals surface area contributed by atoms with Crippen LogP contribution in [-0.2, 0) is 43.5 Å². The van der Waals surface area contributed by atoms with E-state index in [2.05, 4.69) is 4.99 Å². The van der Waals surface area contributed by atoms with Gasteiger partial charge >= 0.3 is 23.9 Å². The molecule has 2 atom stereocenters. The minimum atomic E-state index is -2.33. The van der Waals surface area contributed by atoms with Crippen LogP contribution in [0.4, 0.5) is 0 Å². The standard InChI is InChI=1S/C33H41ClN2O10/c1-3-45-32(42)29-26(18-44-15-14-43-13-12-35)36-19(2)28(31(41)46-17-22(20-8-9-20)21-10-11-21)33(29,23-6-4-5-7-25(23)34)24(30(39)40)16-27(37)38/h4-7,16,20-22,28H,3,8-15,17-18,35H2,1-2H3,(H,37,38)(H,39,40). The summed E-state index contributed by atoms with van der Waals surface area (Å²) in [4.78, 5) is 58.4. The van der Waals surface area contributed by atoms with E-state index in [0.717, 1.165) is 25.7 Å². The van der Waals surface area contributed by atoms with Gasteiger partial charge in [-0.05, 0) is 68.9 Å². The van der Waals surface area contributed by atoms with E-state index in [1.165, 1.54) is 19.1 Å². The number of carbonyl (C=O) groups is 4. The number of halogens is 1. The van der Waals surface area contributed by atoms with Crippen molar-refractivity contribution in [3.05, 3.63) is 57.8 Å². The summed E-state index contributed by atoms with van der Waals surface area (Å²) >= 11 is 6.76. The second-order valence-corrected chi connectivity index (χ2v) is 12.0. The Bertz CT molecular complexity index is 1400. The Morgan fingerprint density at radius 1 is 1.04 bits per heavy atom. The minimum Gasteiger partial charge on any atom is -0.478 e. The van der Waals surface area contributed by atoms with Crippen LogP contribution in [0.5, 0.6) is 0 Å². The molecule has 46 heavy (non-hydrogen) atoms. The number of aliphatic carboxylic acids is 2. The van der Waals surface area contributed by atoms with Crippen LogP contribution in [0.3, 0.4) is 0 Å². The zero-order valence-electron chi connectivity index (χ0n) is 26.0. The molecular weight excluding hydrogens is 620 g/mol. The maximum atomic E-state index is 14.4. The topological polar surface area (TPSA) is 184 Å². The fourth-order valence-corrected chi connectivity index (χ4v) is 6.65. The van der Waals surface area contributed by atoms with Gasteiger partial charge in [-0.1, -0.05) is 29.8 Å². The highest BCUT2D eigenvalue weighted by Gasteiger charge is 2.60. The zero-order valence-corrected chi connectivity index (χ0v) is 26.8. The predicted molar refractivity (Wildman–Crippen MR) is 167 cm³/mol. The van der Waals surface area contributed by atoms with E-state index in [-0.39, 0.29) is 66.5 Å². The van der Waals surface area contributed by atoms with E-state index in [1.54, 1.807) is 19.1 Å². The number of carboxylic acids is 2. The van der Waals surface area contributed by atoms with Crippen molar-refractivity contribution in [1.82, 2.24) is 0 Å². The lowest BCUT2D eigenvalue weighted by molar-refractivity contribution is -0.150. The van der Waals surface area contributed by atoms with Crippen molar-refractivity contribution in [3.63, 3.8) is 0 Å². The SMILES string of the molecule is CCOC(=O)C1=C(COCCOCCN)N=C(C)C(C(=O)OCC(C2CC2)C2CC2)C1(C(=CC(=O)O)C(=O)O)c1ccccc1Cl. The molecule has 4 N–H and O–H groups in total. The van der Waals surface area contributed by atoms with Crippen LogP contribution in [0.2, 0.25) is 5.02 Å². The quantitative estimate of drug-likeness (QED) is 0.119. The monoisotopic (exact) mass is 660 g/mol. The molecule has 3 aliphatic rings. The van der Waals surface area contributed by atoms with Gasteiger partial charge in [-0.25, -0.2) is 14.4 Å². The Balaban J connectivity index is 1.95. The van der Waals surface area contributed by atoms with Crippen LogP contribution < -0.4 is 5.73 Å². The number of esters is 2. The van der Waals surface area contributed by atoms with Crippen molar-refractivity contribution >= 4 is 41.2 Å². The molecule has 0 aromatic heterocycles. The molecular formula is C33H41ClN2O10. The molecule has 2 fully saturated rings. The molecule has 1 heterocycles. The number of hydrogen-bond donors (Lipinski definition) is 3. The first kappa shape index (κ1) is 35.3. The summed E-state index contributed by atoms with van der Waals surface area (Å²) in [7, 11) is 0. The lowest BCUT2D eigenvalue weighted by Gasteiger charge is -2.44. The molecule has 2 unspecified atom stereocenters. The Morgan fingerprint density at radius 3 is 2.26 bits per heavy atom. The maximum Gasteiger partial charge on any atom is 0.337 e. The minimum absolute atomic E-state index is 0.00413. The number of nitrogens with zero attached hydrogens (tertiary/aromatic N) is 1. The Morgan fingerprint density at radius 2 is 1.70 bits per heavy atom. The molecule has 1 aliphatic heterocycles. The first-order valence-electron chi connectivity index (χ1n) is 15.5. The van der Waals surface area contributed by atoms with Crippen LogP contribution in [0.15, 0.2) is 52.2 Å². The number of carboxylic acid groups (broad SMARTS) is 2. The molecule has 1 aromatic carbocycles. The lowest BCUT2D eigenvalue weighted by Crippen LogP contribution is -2.53. The molecule has 2 aliphatic carbocycles. The molecule has 0 bridgehead atoms. The zero-order chi connectivity index (χ0) is 33.4. The van der Waals surface area contributed by atoms with Crippen molar-refractivity contribution < 1.29 is 48.3 Å². The third-order valence-electron chi connectivity index (χ3n) is 8.53. The summed E-state index contributed by atoms with van der Waals surface area (Å²) in [5.74, 6) is -5.71. The van der Waals surface area contributed by atoms with Gasteiger partial charge in [0, 0.05) is 23.4 Å². The van der Waals surface area contributed by atoms with Crippen LogP contribution in [0, 0.1) is 23.7 Å². The smallest absolute Gasteiger partial charge is 0.337 e. The summed E-state index contributed by atoms with van der Waals surface area (Å²) in [6.07, 6.45) is 4.67. The van der Waals surface area contributed by atoms with Gasteiger partial charge in [-0.2, -0.15) is 0 Å². The number of aliphatic imine (C=N–C) groups is 1. The van der Waals surface area contributed by atoms with E-state index in [0.29, 0.717) is 31.1 Å². The van der Waals surface area contributed by atoms with E-state index in [4.69, 9.17) is 36.3 Å². The van der Waals surface area contributed by atoms with Gasteiger partial charge in [0.2, 0.25) is 0 Å². The molecule has 2 saturated carbocycles. The van der Waals surface area contributed by atoms with Gasteiger partial charge in [0.1, 0.15) is 5.92 Å². The highest BCUT2D eigenvalue weighted by molar-refractivity contribution is 6.32. The number of ether oxygens (including phenoxy) is 4. The van der Waals surface area contributed by atoms with Crippen LogP contribution >= 0.6 is 11.6 Å². The van der Waals surface area contributed by atoms with Crippen LogP contribution in [0.25, 0.3) is 0 Å². The first-order valence-corrected chi connectivity index (χ1v) is 15.9. The average molecular weight is 661 g/mol. The summed E-state index contributed by atoms with van der Waals surface area (Å²) in [6.45, 7) is 3.60. The third-order valence-corrected chi connectivity index (χ3v) is 8.86. The van der Waals surface area contributed by atoms with Crippen molar-refractivity contribution in [1.29, 1.82) is 0 Å². The van der Waals surface area contributed by atoms with Gasteiger partial charge in [-0.15, -0.1) is 0 Å². The van der Waals surface area contributed by atoms with Crippen LogP contribution in [-0.4, -0.2) is 86.0 Å².